The molecule has 0 saturated carbocycles. The van der Waals surface area contributed by atoms with Crippen LogP contribution in [0, 0.1) is 0 Å². The molecular weight excluding hydrogens is 438 g/mol. The van der Waals surface area contributed by atoms with Crippen LogP contribution in [0.5, 0.6) is 0 Å². The summed E-state index contributed by atoms with van der Waals surface area (Å²) in [6, 6.07) is 4.91. The van der Waals surface area contributed by atoms with Gasteiger partial charge < -0.3 is 19.3 Å². The van der Waals surface area contributed by atoms with Crippen molar-refractivity contribution < 1.29 is 105 Å². The molecule has 1 aromatic rings. The Morgan fingerprint density at radius 2 is 1.39 bits per heavy atom. The quantitative estimate of drug-likeness (QED) is 0.326. The molecule has 0 amide bonds. The summed E-state index contributed by atoms with van der Waals surface area (Å²) < 4.78 is 69.2. The van der Waals surface area contributed by atoms with Crippen molar-refractivity contribution in [1.82, 2.24) is 0 Å². The zero-order valence-corrected chi connectivity index (χ0v) is 20.1. The first-order chi connectivity index (χ1) is 11.8. The number of carbonyl (C=O) groups is 2. The van der Waals surface area contributed by atoms with E-state index in [9.17, 15) is 45.7 Å². The smallest absolute Gasteiger partial charge is 0.747 e. The first kappa shape index (κ1) is 25.7. The summed E-state index contributed by atoms with van der Waals surface area (Å²) in [6.45, 7) is 0. The average molecular weight is 446 g/mol. The second-order valence-electron chi connectivity index (χ2n) is 5.57. The van der Waals surface area contributed by atoms with Gasteiger partial charge in [0.25, 0.3) is 0 Å². The van der Waals surface area contributed by atoms with Crippen LogP contribution in [0.15, 0.2) is 47.2 Å². The summed E-state index contributed by atoms with van der Waals surface area (Å²) in [4.78, 5) is 21.1. The van der Waals surface area contributed by atoms with E-state index < -0.39 is 64.5 Å². The summed E-state index contributed by atoms with van der Waals surface area (Å²) in [5.74, 6) is -3.69. The molecule has 1 aromatic carbocycles. The van der Waals surface area contributed by atoms with Gasteiger partial charge in [0, 0.05) is 11.1 Å². The molecule has 2 N–H and O–H groups in total. The first-order valence-electron chi connectivity index (χ1n) is 6.78. The molecule has 0 fully saturated rings. The molecule has 2 aliphatic carbocycles. The second kappa shape index (κ2) is 8.04. The van der Waals surface area contributed by atoms with Gasteiger partial charge in [0.1, 0.15) is 31.2 Å². The van der Waals surface area contributed by atoms with E-state index in [1.807, 2.05) is 0 Å². The molecule has 0 saturated heterocycles. The van der Waals surface area contributed by atoms with E-state index in [4.69, 9.17) is 0 Å². The van der Waals surface area contributed by atoms with Crippen molar-refractivity contribution >= 4 is 31.8 Å². The van der Waals surface area contributed by atoms with Gasteiger partial charge in [-0.25, -0.2) is 16.8 Å². The van der Waals surface area contributed by atoms with Crippen molar-refractivity contribution in [3.63, 3.8) is 0 Å². The van der Waals surface area contributed by atoms with Gasteiger partial charge in [-0.3, -0.25) is 9.59 Å². The van der Waals surface area contributed by atoms with Crippen LogP contribution in [0.2, 0.25) is 0 Å². The second-order valence-corrected chi connectivity index (χ2v) is 8.59. The number of allylic oxidation sites excluding steroid dienone is 1. The maximum absolute atomic E-state index is 12.7. The number of hydrogen-bond donors (Lipinski definition) is 2. The Bertz CT molecular complexity index is 1150. The molecule has 3 rings (SSSR count). The van der Waals surface area contributed by atoms with Gasteiger partial charge in [-0.15, -0.1) is 0 Å². The number of aliphatic hydroxyl groups is 2. The van der Waals surface area contributed by atoms with E-state index >= 15 is 0 Å². The van der Waals surface area contributed by atoms with Crippen LogP contribution in [0.1, 0.15) is 20.7 Å². The molecule has 2 atom stereocenters. The monoisotopic (exact) mass is 446 g/mol. The number of fused-ring (bicyclic) bond motifs is 1. The molecule has 0 aliphatic heterocycles. The third kappa shape index (κ3) is 3.61. The van der Waals surface area contributed by atoms with E-state index in [-0.39, 0.29) is 70.8 Å². The standard InChI is InChI=1S/C14H10O10S2.2Na/c15-8-5-9(25(19,20)21)14(18,26(22,23)24)11-10(8)12(16)6-3-1-2-4-7(6)13(11)17;;/h1-5,9,15,18H,(H,19,20,21)(H,22,23,24);;/q;2*+1/p-2. The minimum atomic E-state index is -6.07. The Labute approximate surface area is 203 Å². The maximum Gasteiger partial charge on any atom is 1.00 e. The molecule has 10 nitrogen and oxygen atoms in total. The number of carbonyl (C=O) groups excluding carboxylic acids is 2. The van der Waals surface area contributed by atoms with Crippen molar-refractivity contribution in [2.75, 3.05) is 0 Å². The van der Waals surface area contributed by atoms with Gasteiger partial charge >= 0.3 is 59.1 Å². The number of rotatable bonds is 2. The molecule has 0 spiro atoms. The van der Waals surface area contributed by atoms with Crippen LogP contribution in [0.3, 0.4) is 0 Å². The third-order valence-electron chi connectivity index (χ3n) is 4.12. The number of benzene rings is 1. The molecule has 14 heteroatoms. The average Bonchev–Trinajstić information content (AvgIpc) is 2.52. The fourth-order valence-corrected chi connectivity index (χ4v) is 5.30. The van der Waals surface area contributed by atoms with E-state index in [1.165, 1.54) is 18.2 Å². The molecule has 0 bridgehead atoms. The molecule has 2 unspecified atom stereocenters. The Hall–Kier alpha value is -0.380. The van der Waals surface area contributed by atoms with Crippen molar-refractivity contribution in [3.8, 4) is 0 Å². The Balaban J connectivity index is 0.00000196. The fraction of sp³-hybridized carbons (Fsp3) is 0.143. The van der Waals surface area contributed by atoms with Crippen LogP contribution >= 0.6 is 0 Å². The molecular formula is C14H8Na2O10S2. The van der Waals surface area contributed by atoms with Gasteiger partial charge in [-0.05, 0) is 6.08 Å². The van der Waals surface area contributed by atoms with Crippen LogP contribution in [-0.4, -0.2) is 57.9 Å². The van der Waals surface area contributed by atoms with Crippen molar-refractivity contribution in [2.45, 2.75) is 10.2 Å². The minimum Gasteiger partial charge on any atom is -0.747 e. The SMILES string of the molecule is O=C1C2=C(C(=O)c3ccccc31)C(O)(S(=O)(=O)[O-])C(S(=O)(=O)[O-])C=C2O.[Na+].[Na+]. The van der Waals surface area contributed by atoms with Gasteiger partial charge in [-0.1, -0.05) is 24.3 Å². The van der Waals surface area contributed by atoms with E-state index in [0.717, 1.165) is 6.07 Å². The van der Waals surface area contributed by atoms with Gasteiger partial charge in [0.05, 0.1) is 11.1 Å². The zero-order chi connectivity index (χ0) is 19.7. The maximum atomic E-state index is 12.7. The first-order valence-corrected chi connectivity index (χ1v) is 9.66. The number of hydrogen-bond acceptors (Lipinski definition) is 10. The van der Waals surface area contributed by atoms with Gasteiger partial charge in [-0.2, -0.15) is 0 Å². The fourth-order valence-electron chi connectivity index (χ4n) is 2.99. The number of ketones is 2. The van der Waals surface area contributed by atoms with Crippen LogP contribution in [0.4, 0.5) is 0 Å². The molecule has 2 aliphatic rings. The van der Waals surface area contributed by atoms with Crippen LogP contribution in [0.25, 0.3) is 0 Å². The van der Waals surface area contributed by atoms with E-state index in [0.29, 0.717) is 0 Å². The van der Waals surface area contributed by atoms with E-state index in [1.54, 1.807) is 0 Å². The van der Waals surface area contributed by atoms with Crippen LogP contribution in [-0.2, 0) is 20.2 Å². The molecule has 0 radical (unpaired) electrons. The van der Waals surface area contributed by atoms with E-state index in [2.05, 4.69) is 0 Å². The van der Waals surface area contributed by atoms with Crippen molar-refractivity contribution in [1.29, 1.82) is 0 Å². The van der Waals surface area contributed by atoms with Gasteiger partial charge in [0.2, 0.25) is 4.93 Å². The molecule has 138 valence electrons. The summed E-state index contributed by atoms with van der Waals surface area (Å²) in [5, 5.41) is 17.4. The van der Waals surface area contributed by atoms with Crippen molar-refractivity contribution in [2.24, 2.45) is 0 Å². The Morgan fingerprint density at radius 3 is 1.82 bits per heavy atom. The molecule has 28 heavy (non-hydrogen) atoms. The summed E-state index contributed by atoms with van der Waals surface area (Å²) in [5.41, 5.74) is -3.18. The summed E-state index contributed by atoms with van der Waals surface area (Å²) in [6.07, 6.45) is 0.0652. The van der Waals surface area contributed by atoms with Crippen LogP contribution < -0.4 is 59.1 Å². The number of Topliss-reactive ketones (excluding diaryl/α,β-unsaturated/α-hetero) is 2. The summed E-state index contributed by atoms with van der Waals surface area (Å²) in [7, 11) is -11.8. The third-order valence-corrected chi connectivity index (χ3v) is 6.59. The minimum absolute atomic E-state index is 0. The topological polar surface area (TPSA) is 189 Å². The molecule has 0 heterocycles. The molecule has 0 aromatic heterocycles. The summed E-state index contributed by atoms with van der Waals surface area (Å²) >= 11 is 0. The van der Waals surface area contributed by atoms with Gasteiger partial charge in [0.15, 0.2) is 11.6 Å². The largest absolute Gasteiger partial charge is 1.00 e. The predicted octanol–water partition coefficient (Wildman–Crippen LogP) is -7.03. The Morgan fingerprint density at radius 1 is 0.929 bits per heavy atom. The van der Waals surface area contributed by atoms with Crippen molar-refractivity contribution in [3.05, 3.63) is 58.4 Å². The number of aliphatic hydroxyl groups excluding tert-OH is 1. The predicted molar refractivity (Wildman–Crippen MR) is 81.0 cm³/mol. The zero-order valence-electron chi connectivity index (χ0n) is 14.4. The Kier molecular flexibility index (Phi) is 7.37. The normalized spacial score (nSPS) is 24.4.